The van der Waals surface area contributed by atoms with Gasteiger partial charge in [-0.1, -0.05) is 24.3 Å². The summed E-state index contributed by atoms with van der Waals surface area (Å²) >= 11 is 0. The molecule has 2 heterocycles. The number of ether oxygens (including phenoxy) is 1. The molecule has 0 saturated heterocycles. The summed E-state index contributed by atoms with van der Waals surface area (Å²) < 4.78 is 25.1. The fraction of sp³-hybridized carbons (Fsp3) is 0.216. The van der Waals surface area contributed by atoms with E-state index in [-0.39, 0.29) is 23.8 Å². The Hall–Kier alpha value is -5.28. The number of carbonyl (C=O) groups is 2. The Morgan fingerprint density at radius 2 is 1.74 bits per heavy atom. The van der Waals surface area contributed by atoms with Gasteiger partial charge in [0.2, 0.25) is 0 Å². The number of amides is 2. The molecule has 1 fully saturated rings. The third-order valence-corrected chi connectivity index (χ3v) is 8.88. The van der Waals surface area contributed by atoms with Gasteiger partial charge in [0.1, 0.15) is 29.1 Å². The van der Waals surface area contributed by atoms with Crippen molar-refractivity contribution in [3.63, 3.8) is 0 Å². The molecule has 1 aliphatic heterocycles. The topological polar surface area (TPSA) is 105 Å². The van der Waals surface area contributed by atoms with Crippen molar-refractivity contribution >= 4 is 28.5 Å². The van der Waals surface area contributed by atoms with E-state index < -0.39 is 5.54 Å². The number of nitrogens with zero attached hydrogens (tertiary/aromatic N) is 1. The van der Waals surface area contributed by atoms with E-state index in [0.717, 1.165) is 46.6 Å². The molecule has 1 aliphatic carbocycles. The molecule has 1 saturated carbocycles. The van der Waals surface area contributed by atoms with Crippen LogP contribution in [-0.2, 0) is 0 Å². The Bertz CT molecular complexity index is 2030. The highest BCUT2D eigenvalue weighted by Crippen LogP contribution is 2.41. The van der Waals surface area contributed by atoms with E-state index in [4.69, 9.17) is 14.1 Å². The SMILES string of the molecule is CNC(=O)c1c(-c2ccc(F)cc2)oc2ccc(-c3cc(C(=O)NC4(C5N=C(c6cccc(OC)c6)CN5)CC4)ccc3C)cc12. The number of aliphatic imine (C=N–C) groups is 1. The molecule has 1 atom stereocenters. The van der Waals surface area contributed by atoms with Gasteiger partial charge in [-0.2, -0.15) is 0 Å². The number of fused-ring (bicyclic) bond motifs is 1. The minimum Gasteiger partial charge on any atom is -0.497 e. The average Bonchev–Trinajstić information content (AvgIpc) is 3.50. The maximum Gasteiger partial charge on any atom is 0.255 e. The van der Waals surface area contributed by atoms with Crippen LogP contribution < -0.4 is 20.7 Å². The van der Waals surface area contributed by atoms with Crippen LogP contribution in [0.5, 0.6) is 5.75 Å². The minimum absolute atomic E-state index is 0.167. The van der Waals surface area contributed by atoms with E-state index >= 15 is 0 Å². The summed E-state index contributed by atoms with van der Waals surface area (Å²) in [6, 6.07) is 25.0. The van der Waals surface area contributed by atoms with Crippen LogP contribution in [-0.4, -0.2) is 49.9 Å². The first kappa shape index (κ1) is 29.4. The maximum atomic E-state index is 13.7. The number of hydrogen-bond acceptors (Lipinski definition) is 6. The molecule has 46 heavy (non-hydrogen) atoms. The van der Waals surface area contributed by atoms with Crippen LogP contribution in [0.3, 0.4) is 0 Å². The molecular formula is C37H33FN4O4. The molecule has 1 aromatic heterocycles. The van der Waals surface area contributed by atoms with Crippen molar-refractivity contribution < 1.29 is 23.1 Å². The number of furan rings is 1. The zero-order chi connectivity index (χ0) is 32.0. The van der Waals surface area contributed by atoms with Crippen molar-refractivity contribution in [1.29, 1.82) is 0 Å². The Kier molecular flexibility index (Phi) is 7.41. The molecule has 5 aromatic rings. The fourth-order valence-electron chi connectivity index (χ4n) is 6.13. The van der Waals surface area contributed by atoms with Gasteiger partial charge in [-0.3, -0.25) is 19.9 Å². The van der Waals surface area contributed by atoms with Crippen molar-refractivity contribution in [2.75, 3.05) is 20.7 Å². The largest absolute Gasteiger partial charge is 0.497 e. The van der Waals surface area contributed by atoms with Crippen LogP contribution in [0.4, 0.5) is 4.39 Å². The average molecular weight is 617 g/mol. The molecule has 2 aliphatic rings. The van der Waals surface area contributed by atoms with Crippen molar-refractivity contribution in [2.24, 2.45) is 4.99 Å². The highest BCUT2D eigenvalue weighted by Gasteiger charge is 2.52. The summed E-state index contributed by atoms with van der Waals surface area (Å²) in [7, 11) is 3.20. The quantitative estimate of drug-likeness (QED) is 0.191. The van der Waals surface area contributed by atoms with E-state index in [1.165, 1.54) is 12.1 Å². The summed E-state index contributed by atoms with van der Waals surface area (Å²) in [5, 5.41) is 10.1. The lowest BCUT2D eigenvalue weighted by molar-refractivity contribution is 0.0920. The molecule has 1 unspecified atom stereocenters. The number of hydrogen-bond donors (Lipinski definition) is 3. The van der Waals surface area contributed by atoms with Gasteiger partial charge >= 0.3 is 0 Å². The number of halogens is 1. The van der Waals surface area contributed by atoms with Crippen molar-refractivity contribution in [2.45, 2.75) is 31.5 Å². The first-order valence-corrected chi connectivity index (χ1v) is 15.2. The molecule has 9 heteroatoms. The zero-order valence-electron chi connectivity index (χ0n) is 25.7. The predicted molar refractivity (Wildman–Crippen MR) is 176 cm³/mol. The number of carbonyl (C=O) groups excluding carboxylic acids is 2. The monoisotopic (exact) mass is 616 g/mol. The van der Waals surface area contributed by atoms with Crippen LogP contribution in [0.15, 0.2) is 94.3 Å². The smallest absolute Gasteiger partial charge is 0.255 e. The number of benzene rings is 4. The molecule has 4 aromatic carbocycles. The summed E-state index contributed by atoms with van der Waals surface area (Å²) in [6.45, 7) is 2.60. The first-order chi connectivity index (χ1) is 22.3. The third kappa shape index (κ3) is 5.32. The van der Waals surface area contributed by atoms with Gasteiger partial charge < -0.3 is 19.8 Å². The number of nitrogens with one attached hydrogen (secondary N) is 3. The second-order valence-corrected chi connectivity index (χ2v) is 11.8. The molecule has 3 N–H and O–H groups in total. The lowest BCUT2D eigenvalue weighted by Gasteiger charge is -2.23. The van der Waals surface area contributed by atoms with Crippen LogP contribution in [0.2, 0.25) is 0 Å². The van der Waals surface area contributed by atoms with E-state index in [1.807, 2.05) is 67.6 Å². The van der Waals surface area contributed by atoms with Crippen molar-refractivity contribution in [1.82, 2.24) is 16.0 Å². The van der Waals surface area contributed by atoms with Gasteiger partial charge in [0.05, 0.1) is 23.9 Å². The maximum absolute atomic E-state index is 13.7. The van der Waals surface area contributed by atoms with Gasteiger partial charge in [-0.25, -0.2) is 4.39 Å². The van der Waals surface area contributed by atoms with Crippen LogP contribution >= 0.6 is 0 Å². The third-order valence-electron chi connectivity index (χ3n) is 8.88. The van der Waals surface area contributed by atoms with Gasteiger partial charge in [-0.05, 0) is 97.1 Å². The van der Waals surface area contributed by atoms with E-state index in [0.29, 0.717) is 40.0 Å². The fourth-order valence-corrected chi connectivity index (χ4v) is 6.13. The van der Waals surface area contributed by atoms with Gasteiger partial charge in [-0.15, -0.1) is 0 Å². The first-order valence-electron chi connectivity index (χ1n) is 15.2. The lowest BCUT2D eigenvalue weighted by atomic mass is 9.95. The second-order valence-electron chi connectivity index (χ2n) is 11.8. The molecule has 0 radical (unpaired) electrons. The standard InChI is InChI=1S/C37H33FN4O4/c1-21-7-8-25(34(43)42-37(15-16-37)36-40-20-30(41-36)24-5-4-6-27(17-24)45-3)19-28(21)23-11-14-31-29(18-23)32(35(44)39-2)33(46-31)22-9-12-26(38)13-10-22/h4-14,17-19,36,40H,15-16,20H2,1-3H3,(H,39,44)(H,42,43). The minimum atomic E-state index is -0.447. The molecule has 0 bridgehead atoms. The molecule has 2 amide bonds. The van der Waals surface area contributed by atoms with E-state index in [9.17, 15) is 14.0 Å². The molecular weight excluding hydrogens is 583 g/mol. The number of aryl methyl sites for hydroxylation is 1. The highest BCUT2D eigenvalue weighted by atomic mass is 19.1. The van der Waals surface area contributed by atoms with Gasteiger partial charge in [0.15, 0.2) is 0 Å². The van der Waals surface area contributed by atoms with Gasteiger partial charge in [0.25, 0.3) is 11.8 Å². The summed E-state index contributed by atoms with van der Waals surface area (Å²) in [6.07, 6.45) is 1.45. The van der Waals surface area contributed by atoms with E-state index in [2.05, 4.69) is 16.0 Å². The Morgan fingerprint density at radius 1 is 0.957 bits per heavy atom. The number of rotatable bonds is 8. The molecule has 7 rings (SSSR count). The zero-order valence-corrected chi connectivity index (χ0v) is 25.7. The normalized spacial score (nSPS) is 16.6. The molecule has 8 nitrogen and oxygen atoms in total. The lowest BCUT2D eigenvalue weighted by Crippen LogP contribution is -2.49. The van der Waals surface area contributed by atoms with Crippen molar-refractivity contribution in [3.05, 3.63) is 113 Å². The Labute approximate surface area is 265 Å². The highest BCUT2D eigenvalue weighted by molar-refractivity contribution is 6.12. The Balaban J connectivity index is 1.17. The van der Waals surface area contributed by atoms with Crippen LogP contribution in [0.25, 0.3) is 33.4 Å². The van der Waals surface area contributed by atoms with Crippen LogP contribution in [0, 0.1) is 12.7 Å². The van der Waals surface area contributed by atoms with Crippen LogP contribution in [0.1, 0.15) is 44.7 Å². The van der Waals surface area contributed by atoms with E-state index in [1.54, 1.807) is 26.3 Å². The predicted octanol–water partition coefficient (Wildman–Crippen LogP) is 6.26. The Morgan fingerprint density at radius 3 is 2.48 bits per heavy atom. The van der Waals surface area contributed by atoms with Gasteiger partial charge in [0, 0.05) is 35.7 Å². The van der Waals surface area contributed by atoms with Crippen molar-refractivity contribution in [3.8, 4) is 28.2 Å². The summed E-state index contributed by atoms with van der Waals surface area (Å²) in [4.78, 5) is 31.7. The molecule has 0 spiro atoms. The second kappa shape index (κ2) is 11.6. The molecule has 232 valence electrons. The number of methoxy groups -OCH3 is 1. The summed E-state index contributed by atoms with van der Waals surface area (Å²) in [5.74, 6) is 0.287. The summed E-state index contributed by atoms with van der Waals surface area (Å²) in [5.41, 5.74) is 6.20.